The van der Waals surface area contributed by atoms with E-state index < -0.39 is 0 Å². The second-order valence-electron chi connectivity index (χ2n) is 2.75. The van der Waals surface area contributed by atoms with Gasteiger partial charge in [-0.25, -0.2) is 4.68 Å². The summed E-state index contributed by atoms with van der Waals surface area (Å²) >= 11 is 3.21. The van der Waals surface area contributed by atoms with Gasteiger partial charge in [0.25, 0.3) is 0 Å². The molecule has 14 heavy (non-hydrogen) atoms. The minimum atomic E-state index is -0.0745. The average molecular weight is 258 g/mol. The number of rotatable bonds is 3. The van der Waals surface area contributed by atoms with Crippen LogP contribution in [0.3, 0.4) is 0 Å². The molecule has 2 aromatic heterocycles. The van der Waals surface area contributed by atoms with Gasteiger partial charge >= 0.3 is 0 Å². The van der Waals surface area contributed by atoms with Crippen LogP contribution in [0.4, 0.5) is 0 Å². The van der Waals surface area contributed by atoms with Crippen molar-refractivity contribution in [3.8, 4) is 0 Å². The standard InChI is InChI=1S/C8H8BrN3O2/c9-8-2-1-7(14-8)4-12-6(5-13)3-10-11-12/h1-3,13H,4-5H2. The number of furan rings is 1. The highest BCUT2D eigenvalue weighted by Crippen LogP contribution is 2.15. The summed E-state index contributed by atoms with van der Waals surface area (Å²) in [6.45, 7) is 0.399. The third-order valence-electron chi connectivity index (χ3n) is 1.79. The molecule has 0 aliphatic heterocycles. The van der Waals surface area contributed by atoms with Crippen LogP contribution in [0, 0.1) is 0 Å². The van der Waals surface area contributed by atoms with Crippen molar-refractivity contribution in [3.05, 3.63) is 34.5 Å². The molecule has 0 aliphatic carbocycles. The van der Waals surface area contributed by atoms with E-state index in [1.54, 1.807) is 4.68 Å². The molecule has 0 radical (unpaired) electrons. The highest BCUT2D eigenvalue weighted by molar-refractivity contribution is 9.10. The molecule has 0 aliphatic rings. The number of aliphatic hydroxyl groups is 1. The van der Waals surface area contributed by atoms with Gasteiger partial charge in [0, 0.05) is 0 Å². The number of aromatic nitrogens is 3. The monoisotopic (exact) mass is 257 g/mol. The minimum absolute atomic E-state index is 0.0745. The average Bonchev–Trinajstić information content (AvgIpc) is 2.76. The smallest absolute Gasteiger partial charge is 0.169 e. The van der Waals surface area contributed by atoms with Gasteiger partial charge < -0.3 is 9.52 Å². The first-order chi connectivity index (χ1) is 6.79. The lowest BCUT2D eigenvalue weighted by atomic mass is 10.4. The Kier molecular flexibility index (Phi) is 2.64. The molecule has 0 spiro atoms. The summed E-state index contributed by atoms with van der Waals surface area (Å²) in [4.78, 5) is 0. The second kappa shape index (κ2) is 3.93. The van der Waals surface area contributed by atoms with E-state index in [1.807, 2.05) is 12.1 Å². The molecular weight excluding hydrogens is 250 g/mol. The fourth-order valence-corrected chi connectivity index (χ4v) is 1.46. The Hall–Kier alpha value is -1.14. The highest BCUT2D eigenvalue weighted by Gasteiger charge is 2.05. The van der Waals surface area contributed by atoms with E-state index >= 15 is 0 Å². The van der Waals surface area contributed by atoms with Gasteiger partial charge in [-0.05, 0) is 28.1 Å². The molecule has 0 saturated heterocycles. The quantitative estimate of drug-likeness (QED) is 0.897. The van der Waals surface area contributed by atoms with Crippen LogP contribution >= 0.6 is 15.9 Å². The Bertz CT molecular complexity index is 424. The summed E-state index contributed by atoms with van der Waals surface area (Å²) in [5.74, 6) is 0.761. The maximum absolute atomic E-state index is 8.95. The molecule has 2 heterocycles. The number of halogens is 1. The molecule has 74 valence electrons. The lowest BCUT2D eigenvalue weighted by molar-refractivity contribution is 0.267. The summed E-state index contributed by atoms with van der Waals surface area (Å²) in [6.07, 6.45) is 1.53. The van der Waals surface area contributed by atoms with E-state index in [9.17, 15) is 0 Å². The van der Waals surface area contributed by atoms with Crippen LogP contribution in [0.5, 0.6) is 0 Å². The van der Waals surface area contributed by atoms with Gasteiger partial charge in [0.2, 0.25) is 0 Å². The van der Waals surface area contributed by atoms with Crippen molar-refractivity contribution in [3.63, 3.8) is 0 Å². The van der Waals surface area contributed by atoms with Crippen molar-refractivity contribution >= 4 is 15.9 Å². The third kappa shape index (κ3) is 1.85. The topological polar surface area (TPSA) is 64.1 Å². The molecule has 1 N–H and O–H groups in total. The van der Waals surface area contributed by atoms with Crippen LogP contribution in [0.25, 0.3) is 0 Å². The molecule has 0 saturated carbocycles. The lowest BCUT2D eigenvalue weighted by Gasteiger charge is -2.00. The zero-order valence-electron chi connectivity index (χ0n) is 7.22. The van der Waals surface area contributed by atoms with Gasteiger partial charge in [-0.3, -0.25) is 0 Å². The molecule has 0 bridgehead atoms. The molecule has 5 nitrogen and oxygen atoms in total. The van der Waals surface area contributed by atoms with Gasteiger partial charge in [0.05, 0.1) is 18.5 Å². The summed E-state index contributed by atoms with van der Waals surface area (Å²) < 4.78 is 7.57. The normalized spacial score (nSPS) is 10.7. The molecule has 2 aromatic rings. The van der Waals surface area contributed by atoms with Gasteiger partial charge in [0.15, 0.2) is 4.67 Å². The first-order valence-corrected chi connectivity index (χ1v) is 4.81. The predicted octanol–water partition coefficient (Wildman–Crippen LogP) is 1.17. The van der Waals surface area contributed by atoms with Crippen LogP contribution in [0.2, 0.25) is 0 Å². The number of aliphatic hydroxyl groups excluding tert-OH is 1. The number of hydrogen-bond donors (Lipinski definition) is 1. The maximum Gasteiger partial charge on any atom is 0.169 e. The van der Waals surface area contributed by atoms with E-state index in [-0.39, 0.29) is 6.61 Å². The van der Waals surface area contributed by atoms with Crippen molar-refractivity contribution in [1.29, 1.82) is 0 Å². The van der Waals surface area contributed by atoms with Crippen LogP contribution in [0.1, 0.15) is 11.5 Å². The Morgan fingerprint density at radius 3 is 3.00 bits per heavy atom. The Morgan fingerprint density at radius 1 is 1.50 bits per heavy atom. The van der Waals surface area contributed by atoms with Gasteiger partial charge in [-0.1, -0.05) is 5.21 Å². The fraction of sp³-hybridized carbons (Fsp3) is 0.250. The summed E-state index contributed by atoms with van der Waals surface area (Å²) in [5, 5.41) is 16.5. The zero-order chi connectivity index (χ0) is 9.97. The van der Waals surface area contributed by atoms with E-state index in [0.29, 0.717) is 16.9 Å². The maximum atomic E-state index is 8.95. The van der Waals surface area contributed by atoms with E-state index in [1.165, 1.54) is 6.20 Å². The van der Waals surface area contributed by atoms with Crippen molar-refractivity contribution in [2.24, 2.45) is 0 Å². The van der Waals surface area contributed by atoms with Crippen LogP contribution in [-0.4, -0.2) is 20.1 Å². The molecule has 0 unspecified atom stereocenters. The molecular formula is C8H8BrN3O2. The SMILES string of the molecule is OCc1cnnn1Cc1ccc(Br)o1. The summed E-state index contributed by atoms with van der Waals surface area (Å²) in [6, 6.07) is 3.65. The molecule has 2 rings (SSSR count). The van der Waals surface area contributed by atoms with E-state index in [4.69, 9.17) is 9.52 Å². The highest BCUT2D eigenvalue weighted by atomic mass is 79.9. The van der Waals surface area contributed by atoms with Crippen molar-refractivity contribution < 1.29 is 9.52 Å². The van der Waals surface area contributed by atoms with Gasteiger partial charge in [-0.15, -0.1) is 5.10 Å². The third-order valence-corrected chi connectivity index (χ3v) is 2.22. The Morgan fingerprint density at radius 2 is 2.36 bits per heavy atom. The fourth-order valence-electron chi connectivity index (χ4n) is 1.12. The van der Waals surface area contributed by atoms with Gasteiger partial charge in [0.1, 0.15) is 12.3 Å². The molecule has 6 heteroatoms. The Labute approximate surface area is 88.5 Å². The first-order valence-electron chi connectivity index (χ1n) is 4.02. The molecule has 0 fully saturated rings. The Balaban J connectivity index is 2.18. The van der Waals surface area contributed by atoms with E-state index in [2.05, 4.69) is 26.2 Å². The first kappa shape index (κ1) is 9.42. The number of hydrogen-bond acceptors (Lipinski definition) is 4. The van der Waals surface area contributed by atoms with Gasteiger partial charge in [-0.2, -0.15) is 0 Å². The minimum Gasteiger partial charge on any atom is -0.452 e. The largest absolute Gasteiger partial charge is 0.452 e. The van der Waals surface area contributed by atoms with Crippen molar-refractivity contribution in [2.75, 3.05) is 0 Å². The molecule has 0 aromatic carbocycles. The zero-order valence-corrected chi connectivity index (χ0v) is 8.81. The van der Waals surface area contributed by atoms with Crippen LogP contribution in [-0.2, 0) is 13.2 Å². The number of nitrogens with zero attached hydrogens (tertiary/aromatic N) is 3. The lowest BCUT2D eigenvalue weighted by Crippen LogP contribution is -2.05. The second-order valence-corrected chi connectivity index (χ2v) is 3.53. The van der Waals surface area contributed by atoms with Crippen LogP contribution < -0.4 is 0 Å². The van der Waals surface area contributed by atoms with Crippen LogP contribution in [0.15, 0.2) is 27.4 Å². The molecule has 0 atom stereocenters. The predicted molar refractivity (Wildman–Crippen MR) is 51.5 cm³/mol. The molecule has 0 amide bonds. The summed E-state index contributed by atoms with van der Waals surface area (Å²) in [7, 11) is 0. The van der Waals surface area contributed by atoms with Crippen molar-refractivity contribution in [2.45, 2.75) is 13.2 Å². The van der Waals surface area contributed by atoms with E-state index in [0.717, 1.165) is 5.76 Å². The summed E-state index contributed by atoms with van der Waals surface area (Å²) in [5.41, 5.74) is 0.664. The van der Waals surface area contributed by atoms with Crippen molar-refractivity contribution in [1.82, 2.24) is 15.0 Å².